The van der Waals surface area contributed by atoms with E-state index in [9.17, 15) is 4.79 Å². The van der Waals surface area contributed by atoms with Crippen LogP contribution in [-0.2, 0) is 16.1 Å². The van der Waals surface area contributed by atoms with E-state index in [1.165, 1.54) is 0 Å². The third-order valence-electron chi connectivity index (χ3n) is 4.95. The Labute approximate surface area is 152 Å². The smallest absolute Gasteiger partial charge is 0.291 e. The van der Waals surface area contributed by atoms with Crippen LogP contribution >= 0.6 is 0 Å². The zero-order chi connectivity index (χ0) is 17.8. The van der Waals surface area contributed by atoms with Gasteiger partial charge in [0, 0.05) is 31.6 Å². The molecule has 0 N–H and O–H groups in total. The number of amides is 1. The lowest BCUT2D eigenvalue weighted by molar-refractivity contribution is -0.0469. The van der Waals surface area contributed by atoms with Gasteiger partial charge in [-0.15, -0.1) is 0 Å². The van der Waals surface area contributed by atoms with Crippen molar-refractivity contribution < 1.29 is 14.3 Å². The number of carbonyl (C=O) groups excluding carboxylic acids is 1. The Bertz CT molecular complexity index is 743. The molecule has 0 saturated carbocycles. The van der Waals surface area contributed by atoms with Crippen LogP contribution in [0, 0.1) is 0 Å². The number of hydrogen-bond donors (Lipinski definition) is 0. The third-order valence-corrected chi connectivity index (χ3v) is 4.95. The molecule has 2 aliphatic rings. The van der Waals surface area contributed by atoms with E-state index < -0.39 is 0 Å². The second kappa shape index (κ2) is 7.47. The lowest BCUT2D eigenvalue weighted by Crippen LogP contribution is -2.50. The molecule has 2 aromatic heterocycles. The molecule has 0 radical (unpaired) electrons. The summed E-state index contributed by atoms with van der Waals surface area (Å²) in [6.07, 6.45) is 7.61. The molecule has 1 spiro atoms. The lowest BCUT2D eigenvalue weighted by atomic mass is 9.89. The van der Waals surface area contributed by atoms with Crippen molar-refractivity contribution in [3.05, 3.63) is 54.4 Å². The summed E-state index contributed by atoms with van der Waals surface area (Å²) in [5.74, 6) is 0.108. The van der Waals surface area contributed by atoms with Gasteiger partial charge in [0.15, 0.2) is 0 Å². The summed E-state index contributed by atoms with van der Waals surface area (Å²) in [4.78, 5) is 26.9. The Kier molecular flexibility index (Phi) is 4.90. The summed E-state index contributed by atoms with van der Waals surface area (Å²) in [6.45, 7) is 2.30. The molecule has 136 valence electrons. The minimum Gasteiger partial charge on any atom is -0.370 e. The van der Waals surface area contributed by atoms with E-state index in [1.807, 2.05) is 18.2 Å². The molecule has 7 heteroatoms. The first-order valence-electron chi connectivity index (χ1n) is 8.96. The number of rotatable bonds is 4. The van der Waals surface area contributed by atoms with Gasteiger partial charge in [-0.05, 0) is 31.0 Å². The van der Waals surface area contributed by atoms with Crippen LogP contribution in [0.1, 0.15) is 35.6 Å². The van der Waals surface area contributed by atoms with Gasteiger partial charge in [0.1, 0.15) is 0 Å². The molecule has 1 amide bonds. The zero-order valence-electron chi connectivity index (χ0n) is 14.6. The van der Waals surface area contributed by atoms with Gasteiger partial charge in [0.2, 0.25) is 5.82 Å². The van der Waals surface area contributed by atoms with Gasteiger partial charge in [0.05, 0.1) is 37.2 Å². The predicted octanol–water partition coefficient (Wildman–Crippen LogP) is 1.85. The van der Waals surface area contributed by atoms with Crippen molar-refractivity contribution in [2.24, 2.45) is 0 Å². The Morgan fingerprint density at radius 1 is 1.23 bits per heavy atom. The summed E-state index contributed by atoms with van der Waals surface area (Å²) < 4.78 is 12.1. The SMILES string of the molecule is O=C(c1ncccn1)N1CCC[C@]2(C[C@H](OCc3ccccn3)CO2)C1. The highest BCUT2D eigenvalue weighted by atomic mass is 16.6. The van der Waals surface area contributed by atoms with Crippen LogP contribution in [0.3, 0.4) is 0 Å². The van der Waals surface area contributed by atoms with E-state index in [4.69, 9.17) is 9.47 Å². The van der Waals surface area contributed by atoms with Crippen molar-refractivity contribution in [2.75, 3.05) is 19.7 Å². The van der Waals surface area contributed by atoms with E-state index in [1.54, 1.807) is 29.6 Å². The molecule has 2 saturated heterocycles. The molecule has 2 aromatic rings. The number of aromatic nitrogens is 3. The number of carbonyl (C=O) groups is 1. The topological polar surface area (TPSA) is 77.4 Å². The Morgan fingerprint density at radius 3 is 2.88 bits per heavy atom. The van der Waals surface area contributed by atoms with Crippen LogP contribution in [0.4, 0.5) is 0 Å². The number of nitrogens with zero attached hydrogens (tertiary/aromatic N) is 4. The van der Waals surface area contributed by atoms with Crippen LogP contribution in [-0.4, -0.2) is 57.2 Å². The number of hydrogen-bond acceptors (Lipinski definition) is 6. The highest BCUT2D eigenvalue weighted by Crippen LogP contribution is 2.36. The average Bonchev–Trinajstić information content (AvgIpc) is 3.09. The quantitative estimate of drug-likeness (QED) is 0.834. The third kappa shape index (κ3) is 3.73. The van der Waals surface area contributed by atoms with E-state index in [0.717, 1.165) is 25.0 Å². The molecule has 2 atom stereocenters. The predicted molar refractivity (Wildman–Crippen MR) is 93.3 cm³/mol. The first-order chi connectivity index (χ1) is 12.7. The number of likely N-dealkylation sites (tertiary alicyclic amines) is 1. The normalized spacial score (nSPS) is 25.5. The first-order valence-corrected chi connectivity index (χ1v) is 8.96. The molecule has 7 nitrogen and oxygen atoms in total. The number of pyridine rings is 1. The summed E-state index contributed by atoms with van der Waals surface area (Å²) in [5, 5.41) is 0. The van der Waals surface area contributed by atoms with Crippen LogP contribution in [0.5, 0.6) is 0 Å². The van der Waals surface area contributed by atoms with Gasteiger partial charge in [-0.25, -0.2) is 9.97 Å². The molecular weight excluding hydrogens is 332 g/mol. The summed E-state index contributed by atoms with van der Waals surface area (Å²) in [7, 11) is 0. The van der Waals surface area contributed by atoms with Crippen LogP contribution in [0.15, 0.2) is 42.9 Å². The molecule has 26 heavy (non-hydrogen) atoms. The van der Waals surface area contributed by atoms with Crippen molar-refractivity contribution in [3.63, 3.8) is 0 Å². The van der Waals surface area contributed by atoms with Gasteiger partial charge in [-0.2, -0.15) is 0 Å². The van der Waals surface area contributed by atoms with Crippen molar-refractivity contribution in [3.8, 4) is 0 Å². The van der Waals surface area contributed by atoms with Crippen molar-refractivity contribution >= 4 is 5.91 Å². The van der Waals surface area contributed by atoms with Crippen molar-refractivity contribution in [1.82, 2.24) is 19.9 Å². The largest absolute Gasteiger partial charge is 0.370 e. The maximum Gasteiger partial charge on any atom is 0.291 e. The van der Waals surface area contributed by atoms with Crippen LogP contribution in [0.25, 0.3) is 0 Å². The summed E-state index contributed by atoms with van der Waals surface area (Å²) in [5.41, 5.74) is 0.590. The second-order valence-corrected chi connectivity index (χ2v) is 6.85. The molecule has 4 heterocycles. The molecule has 4 rings (SSSR count). The van der Waals surface area contributed by atoms with Gasteiger partial charge in [-0.3, -0.25) is 9.78 Å². The number of ether oxygens (including phenoxy) is 2. The lowest BCUT2D eigenvalue weighted by Gasteiger charge is -2.39. The fourth-order valence-electron chi connectivity index (χ4n) is 3.70. The molecule has 2 fully saturated rings. The monoisotopic (exact) mass is 354 g/mol. The minimum absolute atomic E-state index is 0.0278. The maximum atomic E-state index is 12.6. The Morgan fingerprint density at radius 2 is 2.08 bits per heavy atom. The highest BCUT2D eigenvalue weighted by Gasteiger charge is 2.45. The van der Waals surface area contributed by atoms with Crippen LogP contribution < -0.4 is 0 Å². The fourth-order valence-corrected chi connectivity index (χ4v) is 3.70. The second-order valence-electron chi connectivity index (χ2n) is 6.85. The van der Waals surface area contributed by atoms with Gasteiger partial charge in [0.25, 0.3) is 5.91 Å². The van der Waals surface area contributed by atoms with Crippen LogP contribution in [0.2, 0.25) is 0 Å². The maximum absolute atomic E-state index is 12.6. The summed E-state index contributed by atoms with van der Waals surface area (Å²) in [6, 6.07) is 7.50. The molecule has 0 bridgehead atoms. The van der Waals surface area contributed by atoms with Crippen molar-refractivity contribution in [1.29, 1.82) is 0 Å². The molecule has 0 unspecified atom stereocenters. The zero-order valence-corrected chi connectivity index (χ0v) is 14.6. The van der Waals surface area contributed by atoms with Crippen molar-refractivity contribution in [2.45, 2.75) is 37.6 Å². The summed E-state index contributed by atoms with van der Waals surface area (Å²) >= 11 is 0. The molecule has 0 aromatic carbocycles. The van der Waals surface area contributed by atoms with Gasteiger partial charge >= 0.3 is 0 Å². The van der Waals surface area contributed by atoms with E-state index in [0.29, 0.717) is 26.3 Å². The van der Waals surface area contributed by atoms with E-state index in [2.05, 4.69) is 15.0 Å². The van der Waals surface area contributed by atoms with E-state index >= 15 is 0 Å². The van der Waals surface area contributed by atoms with E-state index in [-0.39, 0.29) is 23.4 Å². The number of piperidine rings is 1. The standard InChI is InChI=1S/C19H22N4O3/c24-18(17-21-8-4-9-22-17)23-10-3-6-19(14-23)11-16(13-26-19)25-12-15-5-1-2-7-20-15/h1-2,4-5,7-9,16H,3,6,10-14H2/t16-,19-/m0/s1. The Balaban J connectivity index is 1.36. The van der Waals surface area contributed by atoms with Gasteiger partial charge in [-0.1, -0.05) is 6.07 Å². The Hall–Kier alpha value is -2.38. The first kappa shape index (κ1) is 17.1. The molecule has 0 aliphatic carbocycles. The average molecular weight is 354 g/mol. The minimum atomic E-state index is -0.322. The molecule has 2 aliphatic heterocycles. The fraction of sp³-hybridized carbons (Fsp3) is 0.474. The van der Waals surface area contributed by atoms with Gasteiger partial charge < -0.3 is 14.4 Å². The molecular formula is C19H22N4O3. The highest BCUT2D eigenvalue weighted by molar-refractivity contribution is 5.90.